The van der Waals surface area contributed by atoms with Crippen LogP contribution in [0.1, 0.15) is 27.1 Å². The lowest BCUT2D eigenvalue weighted by Crippen LogP contribution is -1.94. The third kappa shape index (κ3) is 2.99. The number of hydrogen-bond donors (Lipinski definition) is 0. The third-order valence-corrected chi connectivity index (χ3v) is 4.57. The van der Waals surface area contributed by atoms with Crippen molar-refractivity contribution in [2.75, 3.05) is 0 Å². The van der Waals surface area contributed by atoms with E-state index in [-0.39, 0.29) is 4.83 Å². The molecule has 0 aliphatic carbocycles. The quantitative estimate of drug-likeness (QED) is 0.621. The average molecular weight is 354 g/mol. The summed E-state index contributed by atoms with van der Waals surface area (Å²) in [7, 11) is 0. The van der Waals surface area contributed by atoms with E-state index >= 15 is 0 Å². The lowest BCUT2D eigenvalue weighted by atomic mass is 10.0. The molecule has 0 saturated heterocycles. The van der Waals surface area contributed by atoms with Crippen molar-refractivity contribution in [2.24, 2.45) is 0 Å². The first-order valence-electron chi connectivity index (χ1n) is 5.54. The molecule has 0 aliphatic heterocycles. The Morgan fingerprint density at radius 3 is 2.00 bits per heavy atom. The molecule has 2 heteroatoms. The fourth-order valence-corrected chi connectivity index (χ4v) is 2.60. The second kappa shape index (κ2) is 5.36. The van der Waals surface area contributed by atoms with Gasteiger partial charge in [0.2, 0.25) is 0 Å². The van der Waals surface area contributed by atoms with Crippen molar-refractivity contribution in [3.05, 3.63) is 69.2 Å². The van der Waals surface area contributed by atoms with Crippen molar-refractivity contribution in [1.82, 2.24) is 0 Å². The summed E-state index contributed by atoms with van der Waals surface area (Å²) in [6.07, 6.45) is 0. The van der Waals surface area contributed by atoms with Crippen molar-refractivity contribution < 1.29 is 0 Å². The number of alkyl halides is 1. The van der Waals surface area contributed by atoms with Crippen LogP contribution in [-0.2, 0) is 0 Å². The zero-order valence-electron chi connectivity index (χ0n) is 9.87. The van der Waals surface area contributed by atoms with Gasteiger partial charge in [0, 0.05) is 4.47 Å². The van der Waals surface area contributed by atoms with Gasteiger partial charge in [0.05, 0.1) is 4.83 Å². The molecule has 0 radical (unpaired) electrons. The summed E-state index contributed by atoms with van der Waals surface area (Å²) in [5.41, 5.74) is 5.25. The Balaban J connectivity index is 2.33. The lowest BCUT2D eigenvalue weighted by molar-refractivity contribution is 1.15. The Bertz CT molecular complexity index is 515. The fourth-order valence-electron chi connectivity index (χ4n) is 1.75. The molecule has 0 fully saturated rings. The highest BCUT2D eigenvalue weighted by Gasteiger charge is 2.10. The summed E-state index contributed by atoms with van der Waals surface area (Å²) >= 11 is 7.22. The number of benzene rings is 2. The van der Waals surface area contributed by atoms with Crippen LogP contribution in [-0.4, -0.2) is 0 Å². The first-order chi connectivity index (χ1) is 8.08. The zero-order valence-corrected chi connectivity index (χ0v) is 13.0. The molecule has 2 aromatic rings. The average Bonchev–Trinajstić information content (AvgIpc) is 2.33. The molecule has 0 bridgehead atoms. The normalized spacial score (nSPS) is 12.5. The summed E-state index contributed by atoms with van der Waals surface area (Å²) in [6.45, 7) is 4.29. The fraction of sp³-hybridized carbons (Fsp3) is 0.200. The smallest absolute Gasteiger partial charge is 0.0644 e. The first-order valence-corrected chi connectivity index (χ1v) is 7.25. The van der Waals surface area contributed by atoms with Crippen LogP contribution in [0.5, 0.6) is 0 Å². The highest BCUT2D eigenvalue weighted by atomic mass is 79.9. The lowest BCUT2D eigenvalue weighted by Gasteiger charge is -2.12. The molecule has 88 valence electrons. The maximum absolute atomic E-state index is 3.76. The van der Waals surface area contributed by atoms with E-state index in [4.69, 9.17) is 0 Å². The largest absolute Gasteiger partial charge is 0.0786 e. The maximum Gasteiger partial charge on any atom is 0.0644 e. The molecule has 1 atom stereocenters. The molecule has 2 aromatic carbocycles. The topological polar surface area (TPSA) is 0 Å². The van der Waals surface area contributed by atoms with Gasteiger partial charge < -0.3 is 0 Å². The van der Waals surface area contributed by atoms with Crippen molar-refractivity contribution in [2.45, 2.75) is 18.7 Å². The standard InChI is InChI=1S/C15H14Br2/c1-10-3-4-13(9-11(10)2)15(17)12-5-7-14(16)8-6-12/h3-9,15H,1-2H3. The summed E-state index contributed by atoms with van der Waals surface area (Å²) in [5.74, 6) is 0. The molecule has 0 N–H and O–H groups in total. The van der Waals surface area contributed by atoms with Gasteiger partial charge in [0.1, 0.15) is 0 Å². The summed E-state index contributed by atoms with van der Waals surface area (Å²) in [4.78, 5) is 0.259. The minimum atomic E-state index is 0.259. The van der Waals surface area contributed by atoms with Crippen LogP contribution >= 0.6 is 31.9 Å². The highest BCUT2D eigenvalue weighted by molar-refractivity contribution is 9.10. The molecule has 0 amide bonds. The van der Waals surface area contributed by atoms with Crippen molar-refractivity contribution in [3.8, 4) is 0 Å². The SMILES string of the molecule is Cc1ccc(C(Br)c2ccc(Br)cc2)cc1C. The number of halogens is 2. The van der Waals surface area contributed by atoms with E-state index in [1.807, 2.05) is 0 Å². The van der Waals surface area contributed by atoms with E-state index < -0.39 is 0 Å². The predicted octanol–water partition coefficient (Wildman–Crippen LogP) is 5.55. The van der Waals surface area contributed by atoms with Gasteiger partial charge in [0.25, 0.3) is 0 Å². The van der Waals surface area contributed by atoms with Gasteiger partial charge in [-0.3, -0.25) is 0 Å². The van der Waals surface area contributed by atoms with E-state index in [1.165, 1.54) is 22.3 Å². The van der Waals surface area contributed by atoms with Crippen LogP contribution in [0.2, 0.25) is 0 Å². The van der Waals surface area contributed by atoms with E-state index in [0.717, 1.165) is 4.47 Å². The van der Waals surface area contributed by atoms with E-state index in [9.17, 15) is 0 Å². The van der Waals surface area contributed by atoms with E-state index in [2.05, 4.69) is 88.2 Å². The second-order valence-electron chi connectivity index (χ2n) is 4.26. The Kier molecular flexibility index (Phi) is 4.05. The summed E-state index contributed by atoms with van der Waals surface area (Å²) < 4.78 is 1.11. The van der Waals surface area contributed by atoms with Crippen LogP contribution < -0.4 is 0 Å². The minimum absolute atomic E-state index is 0.259. The molecule has 0 saturated carbocycles. The highest BCUT2D eigenvalue weighted by Crippen LogP contribution is 2.32. The van der Waals surface area contributed by atoms with Crippen molar-refractivity contribution in [3.63, 3.8) is 0 Å². The zero-order chi connectivity index (χ0) is 12.4. The van der Waals surface area contributed by atoms with E-state index in [0.29, 0.717) is 0 Å². The first kappa shape index (κ1) is 12.8. The monoisotopic (exact) mass is 352 g/mol. The van der Waals surface area contributed by atoms with Crippen LogP contribution in [0.3, 0.4) is 0 Å². The van der Waals surface area contributed by atoms with Crippen molar-refractivity contribution >= 4 is 31.9 Å². The number of rotatable bonds is 2. The Morgan fingerprint density at radius 1 is 0.824 bits per heavy atom. The number of hydrogen-bond acceptors (Lipinski definition) is 0. The number of aryl methyl sites for hydroxylation is 2. The summed E-state index contributed by atoms with van der Waals surface area (Å²) in [5, 5.41) is 0. The van der Waals surface area contributed by atoms with Crippen LogP contribution in [0.25, 0.3) is 0 Å². The van der Waals surface area contributed by atoms with Crippen LogP contribution in [0.4, 0.5) is 0 Å². The molecule has 0 heterocycles. The molecular weight excluding hydrogens is 340 g/mol. The molecule has 0 nitrogen and oxygen atoms in total. The van der Waals surface area contributed by atoms with Gasteiger partial charge in [-0.25, -0.2) is 0 Å². The Morgan fingerprint density at radius 2 is 1.41 bits per heavy atom. The molecule has 0 spiro atoms. The van der Waals surface area contributed by atoms with E-state index in [1.54, 1.807) is 0 Å². The molecule has 0 aromatic heterocycles. The molecular formula is C15H14Br2. The Hall–Kier alpha value is -0.600. The maximum atomic E-state index is 3.76. The second-order valence-corrected chi connectivity index (χ2v) is 6.09. The molecule has 1 unspecified atom stereocenters. The van der Waals surface area contributed by atoms with Gasteiger partial charge >= 0.3 is 0 Å². The molecule has 17 heavy (non-hydrogen) atoms. The predicted molar refractivity (Wildman–Crippen MR) is 80.8 cm³/mol. The van der Waals surface area contributed by atoms with Crippen LogP contribution in [0.15, 0.2) is 46.9 Å². The Labute approximate surface area is 119 Å². The summed E-state index contributed by atoms with van der Waals surface area (Å²) in [6, 6.07) is 15.0. The van der Waals surface area contributed by atoms with Gasteiger partial charge in [0.15, 0.2) is 0 Å². The van der Waals surface area contributed by atoms with Gasteiger partial charge in [-0.1, -0.05) is 62.2 Å². The van der Waals surface area contributed by atoms with Gasteiger partial charge in [-0.05, 0) is 48.2 Å². The van der Waals surface area contributed by atoms with Gasteiger partial charge in [-0.2, -0.15) is 0 Å². The van der Waals surface area contributed by atoms with Gasteiger partial charge in [-0.15, -0.1) is 0 Å². The minimum Gasteiger partial charge on any atom is -0.0786 e. The third-order valence-electron chi connectivity index (χ3n) is 2.99. The molecule has 0 aliphatic rings. The van der Waals surface area contributed by atoms with Crippen molar-refractivity contribution in [1.29, 1.82) is 0 Å². The van der Waals surface area contributed by atoms with Crippen LogP contribution in [0, 0.1) is 13.8 Å². The molecule has 2 rings (SSSR count).